The number of aliphatic hydroxyl groups is 1. The first-order valence-electron chi connectivity index (χ1n) is 9.18. The molecule has 1 aliphatic heterocycles. The normalized spacial score (nSPS) is 15.7. The summed E-state index contributed by atoms with van der Waals surface area (Å²) in [5.41, 5.74) is 0.686. The molecule has 1 aromatic heterocycles. The van der Waals surface area contributed by atoms with Crippen LogP contribution in [-0.4, -0.2) is 44.1 Å². The van der Waals surface area contributed by atoms with Crippen molar-refractivity contribution in [2.75, 3.05) is 13.1 Å². The molecular weight excluding hydrogens is 340 g/mol. The average Bonchev–Trinajstić information content (AvgIpc) is 3.29. The zero-order valence-corrected chi connectivity index (χ0v) is 15.0. The third-order valence-corrected chi connectivity index (χ3v) is 5.37. The molecule has 1 aliphatic rings. The standard InChI is InChI=1S/C21H22N4O2/c26-20(25-22-13-14-23-25)24-15-11-19(12-16-24)21(27,17-7-3-1-4-8-17)18-9-5-2-6-10-18/h1-10,13-14,19,27H,11-12,15-16H2. The molecule has 6 nitrogen and oxygen atoms in total. The summed E-state index contributed by atoms with van der Waals surface area (Å²) in [4.78, 5) is 15.3. The zero-order valence-electron chi connectivity index (χ0n) is 15.0. The summed E-state index contributed by atoms with van der Waals surface area (Å²) in [5, 5.41) is 19.7. The highest BCUT2D eigenvalue weighted by Crippen LogP contribution is 2.41. The smallest absolute Gasteiger partial charge is 0.362 e. The second-order valence-corrected chi connectivity index (χ2v) is 6.86. The van der Waals surface area contributed by atoms with Crippen LogP contribution < -0.4 is 0 Å². The third kappa shape index (κ3) is 3.24. The van der Waals surface area contributed by atoms with Gasteiger partial charge in [0, 0.05) is 13.1 Å². The molecule has 0 radical (unpaired) electrons. The predicted molar refractivity (Wildman–Crippen MR) is 101 cm³/mol. The van der Waals surface area contributed by atoms with Crippen molar-refractivity contribution >= 4 is 6.03 Å². The van der Waals surface area contributed by atoms with E-state index >= 15 is 0 Å². The first-order chi connectivity index (χ1) is 13.2. The van der Waals surface area contributed by atoms with Gasteiger partial charge in [-0.05, 0) is 29.9 Å². The molecule has 4 rings (SSSR count). The number of carbonyl (C=O) groups is 1. The fraction of sp³-hybridized carbons (Fsp3) is 0.286. The fourth-order valence-electron chi connectivity index (χ4n) is 3.95. The van der Waals surface area contributed by atoms with E-state index in [0.29, 0.717) is 25.9 Å². The van der Waals surface area contributed by atoms with E-state index in [2.05, 4.69) is 10.2 Å². The van der Waals surface area contributed by atoms with E-state index in [1.54, 1.807) is 4.90 Å². The van der Waals surface area contributed by atoms with Gasteiger partial charge in [-0.3, -0.25) is 0 Å². The van der Waals surface area contributed by atoms with Gasteiger partial charge in [-0.1, -0.05) is 65.5 Å². The maximum Gasteiger partial charge on any atom is 0.362 e. The molecule has 1 fully saturated rings. The lowest BCUT2D eigenvalue weighted by atomic mass is 9.72. The molecule has 27 heavy (non-hydrogen) atoms. The lowest BCUT2D eigenvalue weighted by molar-refractivity contribution is -0.00945. The molecule has 0 saturated carbocycles. The second-order valence-electron chi connectivity index (χ2n) is 6.86. The highest BCUT2D eigenvalue weighted by molar-refractivity contribution is 5.74. The van der Waals surface area contributed by atoms with E-state index in [-0.39, 0.29) is 11.9 Å². The third-order valence-electron chi connectivity index (χ3n) is 5.37. The Morgan fingerprint density at radius 1 is 0.889 bits per heavy atom. The van der Waals surface area contributed by atoms with Crippen LogP contribution in [0.2, 0.25) is 0 Å². The Hall–Kier alpha value is -2.99. The van der Waals surface area contributed by atoms with Crippen LogP contribution >= 0.6 is 0 Å². The molecule has 3 aromatic rings. The summed E-state index contributed by atoms with van der Waals surface area (Å²) in [6, 6.07) is 19.4. The van der Waals surface area contributed by atoms with Crippen LogP contribution in [0.1, 0.15) is 24.0 Å². The molecule has 0 bridgehead atoms. The zero-order chi connectivity index (χ0) is 18.7. The molecular formula is C21H22N4O2. The fourth-order valence-corrected chi connectivity index (χ4v) is 3.95. The number of nitrogens with zero attached hydrogens (tertiary/aromatic N) is 4. The Labute approximate surface area is 158 Å². The number of aromatic nitrogens is 3. The van der Waals surface area contributed by atoms with Crippen LogP contribution in [0, 0.1) is 5.92 Å². The van der Waals surface area contributed by atoms with Crippen molar-refractivity contribution in [2.45, 2.75) is 18.4 Å². The SMILES string of the molecule is O=C(N1CCC(C(O)(c2ccccc2)c2ccccc2)CC1)n1nccn1. The molecule has 0 atom stereocenters. The van der Waals surface area contributed by atoms with Crippen LogP contribution in [0.4, 0.5) is 4.79 Å². The van der Waals surface area contributed by atoms with Crippen LogP contribution in [0.25, 0.3) is 0 Å². The number of amides is 1. The average molecular weight is 362 g/mol. The van der Waals surface area contributed by atoms with Gasteiger partial charge in [0.2, 0.25) is 0 Å². The van der Waals surface area contributed by atoms with E-state index in [0.717, 1.165) is 15.9 Å². The number of hydrogen-bond donors (Lipinski definition) is 1. The van der Waals surface area contributed by atoms with Crippen molar-refractivity contribution < 1.29 is 9.90 Å². The first kappa shape index (κ1) is 17.4. The number of benzene rings is 2. The lowest BCUT2D eigenvalue weighted by Gasteiger charge is -2.42. The maximum atomic E-state index is 12.5. The highest BCUT2D eigenvalue weighted by atomic mass is 16.3. The minimum absolute atomic E-state index is 0.0110. The van der Waals surface area contributed by atoms with Gasteiger partial charge in [-0.2, -0.15) is 10.2 Å². The second kappa shape index (κ2) is 7.32. The van der Waals surface area contributed by atoms with E-state index in [4.69, 9.17) is 0 Å². The van der Waals surface area contributed by atoms with Gasteiger partial charge in [0.25, 0.3) is 0 Å². The number of piperidine rings is 1. The summed E-state index contributed by atoms with van der Waals surface area (Å²) in [7, 11) is 0. The van der Waals surface area contributed by atoms with Crippen molar-refractivity contribution in [3.8, 4) is 0 Å². The summed E-state index contributed by atoms with van der Waals surface area (Å²) in [5.74, 6) is 0.0110. The summed E-state index contributed by atoms with van der Waals surface area (Å²) in [6.07, 6.45) is 4.39. The van der Waals surface area contributed by atoms with Crippen molar-refractivity contribution in [2.24, 2.45) is 5.92 Å². The quantitative estimate of drug-likeness (QED) is 0.778. The topological polar surface area (TPSA) is 71.2 Å². The Kier molecular flexibility index (Phi) is 4.73. The van der Waals surface area contributed by atoms with E-state index in [1.807, 2.05) is 60.7 Å². The van der Waals surface area contributed by atoms with Crippen LogP contribution in [0.5, 0.6) is 0 Å². The Balaban J connectivity index is 1.59. The Morgan fingerprint density at radius 3 is 1.85 bits per heavy atom. The van der Waals surface area contributed by atoms with Gasteiger partial charge in [0.05, 0.1) is 12.4 Å². The van der Waals surface area contributed by atoms with Crippen molar-refractivity contribution in [3.63, 3.8) is 0 Å². The molecule has 0 spiro atoms. The predicted octanol–water partition coefficient (Wildman–Crippen LogP) is 2.89. The van der Waals surface area contributed by atoms with Crippen molar-refractivity contribution in [1.82, 2.24) is 19.9 Å². The number of likely N-dealkylation sites (tertiary alicyclic amines) is 1. The summed E-state index contributed by atoms with van der Waals surface area (Å²) in [6.45, 7) is 1.13. The molecule has 1 N–H and O–H groups in total. The molecule has 6 heteroatoms. The molecule has 1 amide bonds. The molecule has 2 aromatic carbocycles. The minimum atomic E-state index is -1.08. The van der Waals surface area contributed by atoms with E-state index in [9.17, 15) is 9.90 Å². The Morgan fingerprint density at radius 2 is 1.37 bits per heavy atom. The van der Waals surface area contributed by atoms with Gasteiger partial charge in [0.15, 0.2) is 0 Å². The minimum Gasteiger partial charge on any atom is -0.380 e. The molecule has 2 heterocycles. The van der Waals surface area contributed by atoms with E-state index < -0.39 is 5.60 Å². The van der Waals surface area contributed by atoms with Crippen LogP contribution in [-0.2, 0) is 5.60 Å². The van der Waals surface area contributed by atoms with Gasteiger partial charge in [0.1, 0.15) is 5.60 Å². The summed E-state index contributed by atoms with van der Waals surface area (Å²) < 4.78 is 0. The summed E-state index contributed by atoms with van der Waals surface area (Å²) >= 11 is 0. The van der Waals surface area contributed by atoms with Gasteiger partial charge in [-0.15, -0.1) is 0 Å². The Bertz CT molecular complexity index is 834. The molecule has 1 saturated heterocycles. The highest BCUT2D eigenvalue weighted by Gasteiger charge is 2.42. The molecule has 0 unspecified atom stereocenters. The number of rotatable bonds is 3. The first-order valence-corrected chi connectivity index (χ1v) is 9.18. The van der Waals surface area contributed by atoms with Crippen LogP contribution in [0.15, 0.2) is 73.1 Å². The maximum absolute atomic E-state index is 12.5. The monoisotopic (exact) mass is 362 g/mol. The van der Waals surface area contributed by atoms with Crippen molar-refractivity contribution in [1.29, 1.82) is 0 Å². The number of hydrogen-bond acceptors (Lipinski definition) is 4. The number of carbonyl (C=O) groups excluding carboxylic acids is 1. The van der Waals surface area contributed by atoms with Crippen molar-refractivity contribution in [3.05, 3.63) is 84.2 Å². The van der Waals surface area contributed by atoms with Crippen LogP contribution in [0.3, 0.4) is 0 Å². The van der Waals surface area contributed by atoms with Gasteiger partial charge >= 0.3 is 6.03 Å². The molecule has 0 aliphatic carbocycles. The van der Waals surface area contributed by atoms with E-state index in [1.165, 1.54) is 12.4 Å². The van der Waals surface area contributed by atoms with Gasteiger partial charge < -0.3 is 10.0 Å². The largest absolute Gasteiger partial charge is 0.380 e. The van der Waals surface area contributed by atoms with Gasteiger partial charge in [-0.25, -0.2) is 4.79 Å². The molecule has 138 valence electrons. The lowest BCUT2D eigenvalue weighted by Crippen LogP contribution is -2.47.